The maximum atomic E-state index is 10.8. The van der Waals surface area contributed by atoms with Crippen LogP contribution in [0.1, 0.15) is 37.2 Å². The molecule has 1 aliphatic carbocycles. The van der Waals surface area contributed by atoms with E-state index in [-0.39, 0.29) is 16.7 Å². The number of nitrogens with one attached hydrogen (secondary N) is 1. The second-order valence-corrected chi connectivity index (χ2v) is 6.14. The fourth-order valence-electron chi connectivity index (χ4n) is 2.90. The van der Waals surface area contributed by atoms with Crippen molar-refractivity contribution in [3.8, 4) is 5.75 Å². The van der Waals surface area contributed by atoms with Gasteiger partial charge in [-0.2, -0.15) is 0 Å². The summed E-state index contributed by atoms with van der Waals surface area (Å²) in [6.07, 6.45) is 3.95. The van der Waals surface area contributed by atoms with Gasteiger partial charge in [-0.3, -0.25) is 0 Å². The Morgan fingerprint density at radius 1 is 1.40 bits per heavy atom. The van der Waals surface area contributed by atoms with Gasteiger partial charge in [-0.1, -0.05) is 29.6 Å². The van der Waals surface area contributed by atoms with E-state index < -0.39 is 6.03 Å². The molecule has 4 N–H and O–H groups in total. The largest absolute Gasteiger partial charge is 0.506 e. The van der Waals surface area contributed by atoms with Gasteiger partial charge in [0.25, 0.3) is 0 Å². The molecule has 2 unspecified atom stereocenters. The summed E-state index contributed by atoms with van der Waals surface area (Å²) >= 11 is 12.0. The summed E-state index contributed by atoms with van der Waals surface area (Å²) in [5.41, 5.74) is 5.89. The topological polar surface area (TPSA) is 75.4 Å². The normalized spacial score (nSPS) is 22.5. The van der Waals surface area contributed by atoms with Crippen molar-refractivity contribution in [2.75, 3.05) is 6.54 Å². The molecule has 1 aliphatic rings. The number of benzene rings is 1. The van der Waals surface area contributed by atoms with E-state index >= 15 is 0 Å². The standard InChI is InChI=1S/C14H18Cl2N2O2/c15-10-5-11(13(19)12(16)6-10)9-3-1-2-8(4-9)7-18-14(17)20/h5-6,8-9,19H,1-4,7H2,(H3,17,18,20). The Hall–Kier alpha value is -1.13. The number of aromatic hydroxyl groups is 1. The molecule has 2 rings (SSSR count). The summed E-state index contributed by atoms with van der Waals surface area (Å²) in [5.74, 6) is 0.683. The molecule has 20 heavy (non-hydrogen) atoms. The van der Waals surface area contributed by atoms with E-state index in [0.29, 0.717) is 17.5 Å². The molecule has 1 aromatic carbocycles. The zero-order chi connectivity index (χ0) is 14.7. The highest BCUT2D eigenvalue weighted by Gasteiger charge is 2.26. The van der Waals surface area contributed by atoms with Gasteiger partial charge in [-0.25, -0.2) is 4.79 Å². The SMILES string of the molecule is NC(=O)NCC1CCCC(c2cc(Cl)cc(Cl)c2O)C1. The molecule has 0 spiro atoms. The second-order valence-electron chi connectivity index (χ2n) is 5.30. The van der Waals surface area contributed by atoms with Crippen LogP contribution in [0, 0.1) is 5.92 Å². The third-order valence-corrected chi connectivity index (χ3v) is 4.35. The number of amides is 2. The van der Waals surface area contributed by atoms with Crippen molar-refractivity contribution in [1.82, 2.24) is 5.32 Å². The third kappa shape index (κ3) is 3.70. The van der Waals surface area contributed by atoms with Gasteiger partial charge in [0.2, 0.25) is 0 Å². The Labute approximate surface area is 128 Å². The second kappa shape index (κ2) is 6.55. The molecule has 2 atom stereocenters. The number of rotatable bonds is 3. The number of hydrogen-bond donors (Lipinski definition) is 3. The molecule has 4 nitrogen and oxygen atoms in total. The van der Waals surface area contributed by atoms with E-state index in [1.54, 1.807) is 6.07 Å². The number of carbonyl (C=O) groups excluding carboxylic acids is 1. The number of nitrogens with two attached hydrogens (primary N) is 1. The number of carbonyl (C=O) groups is 1. The van der Waals surface area contributed by atoms with Crippen LogP contribution < -0.4 is 11.1 Å². The average molecular weight is 317 g/mol. The Morgan fingerprint density at radius 3 is 2.85 bits per heavy atom. The summed E-state index contributed by atoms with van der Waals surface area (Å²) in [7, 11) is 0. The molecule has 6 heteroatoms. The molecule has 1 saturated carbocycles. The summed E-state index contributed by atoms with van der Waals surface area (Å²) in [4.78, 5) is 10.8. The van der Waals surface area contributed by atoms with Gasteiger partial charge in [-0.15, -0.1) is 0 Å². The number of primary amides is 1. The molecule has 0 saturated heterocycles. The Morgan fingerprint density at radius 2 is 2.15 bits per heavy atom. The predicted molar refractivity (Wildman–Crippen MR) is 80.4 cm³/mol. The Bertz CT molecular complexity index is 508. The van der Waals surface area contributed by atoms with Crippen LogP contribution in [0.3, 0.4) is 0 Å². The van der Waals surface area contributed by atoms with Crippen LogP contribution in [0.5, 0.6) is 5.75 Å². The van der Waals surface area contributed by atoms with Crippen molar-refractivity contribution in [3.05, 3.63) is 27.7 Å². The highest BCUT2D eigenvalue weighted by Crippen LogP contribution is 2.43. The number of halogens is 2. The van der Waals surface area contributed by atoms with Crippen molar-refractivity contribution < 1.29 is 9.90 Å². The van der Waals surface area contributed by atoms with Crippen LogP contribution in [0.15, 0.2) is 12.1 Å². The van der Waals surface area contributed by atoms with E-state index in [1.165, 1.54) is 6.07 Å². The van der Waals surface area contributed by atoms with Gasteiger partial charge < -0.3 is 16.2 Å². The quantitative estimate of drug-likeness (QED) is 0.796. The lowest BCUT2D eigenvalue weighted by molar-refractivity contribution is 0.242. The van der Waals surface area contributed by atoms with Crippen molar-refractivity contribution in [3.63, 3.8) is 0 Å². The third-order valence-electron chi connectivity index (χ3n) is 3.85. The molecule has 1 fully saturated rings. The highest BCUT2D eigenvalue weighted by atomic mass is 35.5. The van der Waals surface area contributed by atoms with Gasteiger partial charge in [0.15, 0.2) is 0 Å². The van der Waals surface area contributed by atoms with Gasteiger partial charge in [0.05, 0.1) is 5.02 Å². The summed E-state index contributed by atoms with van der Waals surface area (Å²) in [6, 6.07) is 2.81. The highest BCUT2D eigenvalue weighted by molar-refractivity contribution is 6.35. The summed E-state index contributed by atoms with van der Waals surface area (Å²) in [5, 5.41) is 13.6. The first kappa shape index (κ1) is 15.3. The van der Waals surface area contributed by atoms with Crippen LogP contribution in [-0.4, -0.2) is 17.7 Å². The lowest BCUT2D eigenvalue weighted by atomic mass is 9.77. The van der Waals surface area contributed by atoms with Crippen molar-refractivity contribution in [2.24, 2.45) is 11.7 Å². The molecule has 0 aromatic heterocycles. The van der Waals surface area contributed by atoms with Crippen LogP contribution in [0.4, 0.5) is 4.79 Å². The molecular formula is C14H18Cl2N2O2. The average Bonchev–Trinajstić information content (AvgIpc) is 2.41. The maximum absolute atomic E-state index is 10.8. The van der Waals surface area contributed by atoms with Gasteiger partial charge in [-0.05, 0) is 48.8 Å². The molecule has 110 valence electrons. The first-order valence-corrected chi connectivity index (χ1v) is 7.44. The van der Waals surface area contributed by atoms with E-state index in [1.807, 2.05) is 0 Å². The van der Waals surface area contributed by atoms with Gasteiger partial charge >= 0.3 is 6.03 Å². The first-order chi connectivity index (χ1) is 9.47. The molecular weight excluding hydrogens is 299 g/mol. The molecule has 0 heterocycles. The Balaban J connectivity index is 2.10. The van der Waals surface area contributed by atoms with Crippen LogP contribution in [0.25, 0.3) is 0 Å². The molecule has 0 aliphatic heterocycles. The van der Waals surface area contributed by atoms with Gasteiger partial charge in [0.1, 0.15) is 5.75 Å². The molecule has 0 bridgehead atoms. The van der Waals surface area contributed by atoms with Crippen LogP contribution in [-0.2, 0) is 0 Å². The minimum Gasteiger partial charge on any atom is -0.506 e. The summed E-state index contributed by atoms with van der Waals surface area (Å²) < 4.78 is 0. The number of phenolic OH excluding ortho intramolecular Hbond substituents is 1. The molecule has 2 amide bonds. The van der Waals surface area contributed by atoms with Crippen molar-refractivity contribution in [1.29, 1.82) is 0 Å². The van der Waals surface area contributed by atoms with E-state index in [9.17, 15) is 9.90 Å². The van der Waals surface area contributed by atoms with Crippen molar-refractivity contribution in [2.45, 2.75) is 31.6 Å². The van der Waals surface area contributed by atoms with Crippen molar-refractivity contribution >= 4 is 29.2 Å². The zero-order valence-corrected chi connectivity index (χ0v) is 12.5. The van der Waals surface area contributed by atoms with Gasteiger partial charge in [0, 0.05) is 11.6 Å². The minimum absolute atomic E-state index is 0.115. The predicted octanol–water partition coefficient (Wildman–Crippen LogP) is 3.64. The lowest BCUT2D eigenvalue weighted by Gasteiger charge is -2.30. The number of hydrogen-bond acceptors (Lipinski definition) is 2. The monoisotopic (exact) mass is 316 g/mol. The van der Waals surface area contributed by atoms with Crippen LogP contribution in [0.2, 0.25) is 10.0 Å². The molecule has 0 radical (unpaired) electrons. The first-order valence-electron chi connectivity index (χ1n) is 6.68. The number of urea groups is 1. The van der Waals surface area contributed by atoms with E-state index in [2.05, 4.69) is 5.32 Å². The van der Waals surface area contributed by atoms with Crippen LogP contribution >= 0.6 is 23.2 Å². The lowest BCUT2D eigenvalue weighted by Crippen LogP contribution is -2.35. The number of phenols is 1. The smallest absolute Gasteiger partial charge is 0.312 e. The fraction of sp³-hybridized carbons (Fsp3) is 0.500. The fourth-order valence-corrected chi connectivity index (χ4v) is 3.41. The van der Waals surface area contributed by atoms with E-state index in [4.69, 9.17) is 28.9 Å². The maximum Gasteiger partial charge on any atom is 0.312 e. The zero-order valence-electron chi connectivity index (χ0n) is 11.0. The van der Waals surface area contributed by atoms with E-state index in [0.717, 1.165) is 31.2 Å². The summed E-state index contributed by atoms with van der Waals surface area (Å²) in [6.45, 7) is 0.570. The Kier molecular flexibility index (Phi) is 5.00. The molecule has 1 aromatic rings. The minimum atomic E-state index is -0.499.